The largest absolute Gasteiger partial charge is 0.321 e. The lowest BCUT2D eigenvalue weighted by molar-refractivity contribution is -0.112. The normalized spacial score (nSPS) is 14.6. The van der Waals surface area contributed by atoms with E-state index in [1.54, 1.807) is 30.3 Å². The second kappa shape index (κ2) is 9.72. The van der Waals surface area contributed by atoms with Crippen LogP contribution in [0.1, 0.15) is 42.0 Å². The van der Waals surface area contributed by atoms with Gasteiger partial charge in [0, 0.05) is 21.8 Å². The molecule has 3 aromatic carbocycles. The molecule has 0 radical (unpaired) electrons. The maximum absolute atomic E-state index is 14.0. The van der Waals surface area contributed by atoms with Gasteiger partial charge in [-0.2, -0.15) is 0 Å². The molecule has 1 aliphatic rings. The highest BCUT2D eigenvalue weighted by Gasteiger charge is 2.41. The van der Waals surface area contributed by atoms with E-state index in [9.17, 15) is 13.2 Å². The van der Waals surface area contributed by atoms with Gasteiger partial charge in [-0.05, 0) is 47.7 Å². The van der Waals surface area contributed by atoms with Crippen molar-refractivity contribution in [2.75, 3.05) is 16.2 Å². The Morgan fingerprint density at radius 3 is 2.46 bits per heavy atom. The zero-order valence-corrected chi connectivity index (χ0v) is 21.5. The first-order valence-electron chi connectivity index (χ1n) is 11.3. The van der Waals surface area contributed by atoms with Crippen molar-refractivity contribution in [2.45, 2.75) is 26.7 Å². The van der Waals surface area contributed by atoms with Crippen LogP contribution in [-0.2, 0) is 14.8 Å². The number of carbonyl (C=O) groups is 1. The van der Waals surface area contributed by atoms with Crippen LogP contribution in [0.3, 0.4) is 0 Å². The van der Waals surface area contributed by atoms with Gasteiger partial charge in [0.25, 0.3) is 15.9 Å². The number of carbonyl (C=O) groups excluding carboxylic acids is 1. The molecule has 0 bridgehead atoms. The number of hydrogen-bond acceptors (Lipinski definition) is 3. The highest BCUT2D eigenvalue weighted by Crippen LogP contribution is 2.44. The molecule has 0 atom stereocenters. The Morgan fingerprint density at radius 2 is 1.80 bits per heavy atom. The van der Waals surface area contributed by atoms with Gasteiger partial charge in [0.05, 0.1) is 12.2 Å². The Hall–Kier alpha value is -3.35. The molecule has 0 aromatic heterocycles. The van der Waals surface area contributed by atoms with Gasteiger partial charge in [0.1, 0.15) is 0 Å². The van der Waals surface area contributed by atoms with Gasteiger partial charge in [0.2, 0.25) is 0 Å². The molecule has 1 aliphatic heterocycles. The molecule has 0 unspecified atom stereocenters. The third kappa shape index (κ3) is 4.51. The van der Waals surface area contributed by atoms with Gasteiger partial charge in [-0.1, -0.05) is 80.1 Å². The molecule has 0 saturated carbocycles. The van der Waals surface area contributed by atoms with E-state index < -0.39 is 15.9 Å². The second-order valence-electron chi connectivity index (χ2n) is 8.70. The molecule has 7 heteroatoms. The number of aryl methyl sites for hydroxylation is 1. The van der Waals surface area contributed by atoms with Crippen LogP contribution in [-0.4, -0.2) is 20.9 Å². The number of amides is 1. The molecule has 3 aromatic rings. The van der Waals surface area contributed by atoms with Crippen LogP contribution in [0, 0.1) is 6.92 Å². The van der Waals surface area contributed by atoms with Crippen LogP contribution >= 0.6 is 11.6 Å². The van der Waals surface area contributed by atoms with Crippen molar-refractivity contribution in [2.24, 2.45) is 0 Å². The van der Waals surface area contributed by atoms with Gasteiger partial charge in [-0.25, -0.2) is 8.42 Å². The molecule has 4 rings (SSSR count). The van der Waals surface area contributed by atoms with Gasteiger partial charge in [-0.15, -0.1) is 6.58 Å². The molecule has 35 heavy (non-hydrogen) atoms. The summed E-state index contributed by atoms with van der Waals surface area (Å²) >= 11 is 6.35. The maximum atomic E-state index is 14.0. The predicted molar refractivity (Wildman–Crippen MR) is 144 cm³/mol. The summed E-state index contributed by atoms with van der Waals surface area (Å²) in [5.74, 6) is -0.563. The molecule has 0 spiro atoms. The Morgan fingerprint density at radius 1 is 1.09 bits per heavy atom. The van der Waals surface area contributed by atoms with Crippen molar-refractivity contribution in [1.82, 2.24) is 0 Å². The summed E-state index contributed by atoms with van der Waals surface area (Å²) in [5, 5.41) is 3.37. The summed E-state index contributed by atoms with van der Waals surface area (Å²) in [4.78, 5) is 13.6. The molecule has 5 nitrogen and oxygen atoms in total. The monoisotopic (exact) mass is 506 g/mol. The van der Waals surface area contributed by atoms with Gasteiger partial charge >= 0.3 is 0 Å². The zero-order chi connectivity index (χ0) is 25.3. The third-order valence-corrected chi connectivity index (χ3v) is 8.07. The van der Waals surface area contributed by atoms with Crippen molar-refractivity contribution in [3.63, 3.8) is 0 Å². The SMILES string of the molecule is C=CCN1c2ccc(Cl)cc2C(c2ccccc2)=C(C(=O)Nc2c(C)cccc2C(C)C)S1(=O)=O. The number of hydrogen-bond donors (Lipinski definition) is 1. The first-order valence-corrected chi connectivity index (χ1v) is 13.1. The van der Waals surface area contributed by atoms with Crippen molar-refractivity contribution >= 4 is 44.5 Å². The standard InChI is InChI=1S/C28H27ClN2O3S/c1-5-16-31-24-15-14-21(29)17-23(24)25(20-11-7-6-8-12-20)27(35(31,33)34)28(32)30-26-19(4)10-9-13-22(26)18(2)3/h5-15,17-18H,1,16H2,2-4H3,(H,30,32). The maximum Gasteiger partial charge on any atom is 0.270 e. The zero-order valence-electron chi connectivity index (χ0n) is 19.9. The Labute approximate surface area is 211 Å². The number of nitrogens with zero attached hydrogens (tertiary/aromatic N) is 1. The van der Waals surface area contributed by atoms with E-state index in [2.05, 4.69) is 11.9 Å². The van der Waals surface area contributed by atoms with Crippen LogP contribution in [0.2, 0.25) is 5.02 Å². The molecular formula is C28H27ClN2O3S. The summed E-state index contributed by atoms with van der Waals surface area (Å²) in [7, 11) is -4.23. The lowest BCUT2D eigenvalue weighted by Gasteiger charge is -2.33. The lowest BCUT2D eigenvalue weighted by Crippen LogP contribution is -2.40. The summed E-state index contributed by atoms with van der Waals surface area (Å²) in [5.41, 5.74) is 4.35. The minimum atomic E-state index is -4.23. The van der Waals surface area contributed by atoms with Crippen molar-refractivity contribution in [1.29, 1.82) is 0 Å². The first-order chi connectivity index (χ1) is 16.7. The molecule has 180 valence electrons. The Balaban J connectivity index is 2.02. The number of anilines is 2. The fourth-order valence-corrected chi connectivity index (χ4v) is 6.25. The predicted octanol–water partition coefficient (Wildman–Crippen LogP) is 6.51. The summed E-state index contributed by atoms with van der Waals surface area (Å²) in [6.45, 7) is 9.68. The van der Waals surface area contributed by atoms with Crippen molar-refractivity contribution in [3.05, 3.63) is 112 Å². The molecular weight excluding hydrogens is 480 g/mol. The van der Waals surface area contributed by atoms with E-state index in [-0.39, 0.29) is 17.4 Å². The molecule has 0 fully saturated rings. The highest BCUT2D eigenvalue weighted by molar-refractivity contribution is 7.97. The average Bonchev–Trinajstić information content (AvgIpc) is 2.82. The van der Waals surface area contributed by atoms with E-state index in [0.29, 0.717) is 33.1 Å². The van der Waals surface area contributed by atoms with Crippen LogP contribution in [0.25, 0.3) is 5.57 Å². The smallest absolute Gasteiger partial charge is 0.270 e. The van der Waals surface area contributed by atoms with E-state index in [0.717, 1.165) is 11.1 Å². The van der Waals surface area contributed by atoms with Crippen LogP contribution in [0.15, 0.2) is 84.3 Å². The highest BCUT2D eigenvalue weighted by atomic mass is 35.5. The fraction of sp³-hybridized carbons (Fsp3) is 0.179. The molecule has 0 saturated heterocycles. The Bertz CT molecular complexity index is 1440. The van der Waals surface area contributed by atoms with Crippen molar-refractivity contribution < 1.29 is 13.2 Å². The van der Waals surface area contributed by atoms with Gasteiger partial charge in [-0.3, -0.25) is 9.10 Å². The number of halogens is 1. The van der Waals surface area contributed by atoms with E-state index >= 15 is 0 Å². The summed E-state index contributed by atoms with van der Waals surface area (Å²) in [6.07, 6.45) is 1.50. The first kappa shape index (κ1) is 24.8. The van der Waals surface area contributed by atoms with Crippen molar-refractivity contribution in [3.8, 4) is 0 Å². The van der Waals surface area contributed by atoms with Crippen LogP contribution < -0.4 is 9.62 Å². The second-order valence-corrected chi connectivity index (χ2v) is 10.9. The molecule has 1 heterocycles. The quantitative estimate of drug-likeness (QED) is 0.388. The van der Waals surface area contributed by atoms with E-state index in [1.165, 1.54) is 10.4 Å². The molecule has 0 aliphatic carbocycles. The molecule has 1 amide bonds. The Kier molecular flexibility index (Phi) is 6.88. The number of nitrogens with one attached hydrogen (secondary N) is 1. The third-order valence-electron chi connectivity index (χ3n) is 6.00. The topological polar surface area (TPSA) is 66.5 Å². The van der Waals surface area contributed by atoms with Crippen LogP contribution in [0.4, 0.5) is 11.4 Å². The number of sulfonamides is 1. The summed E-state index contributed by atoms with van der Waals surface area (Å²) in [6, 6.07) is 19.8. The number of fused-ring (bicyclic) bond motifs is 1. The molecule has 1 N–H and O–H groups in total. The average molecular weight is 507 g/mol. The van der Waals surface area contributed by atoms with E-state index in [4.69, 9.17) is 11.6 Å². The van der Waals surface area contributed by atoms with Gasteiger partial charge in [0.15, 0.2) is 4.91 Å². The minimum Gasteiger partial charge on any atom is -0.321 e. The lowest BCUT2D eigenvalue weighted by atomic mass is 9.95. The number of rotatable bonds is 6. The minimum absolute atomic E-state index is 0.0113. The summed E-state index contributed by atoms with van der Waals surface area (Å²) < 4.78 is 29.2. The van der Waals surface area contributed by atoms with E-state index in [1.807, 2.05) is 57.2 Å². The van der Waals surface area contributed by atoms with Gasteiger partial charge < -0.3 is 5.32 Å². The van der Waals surface area contributed by atoms with Crippen LogP contribution in [0.5, 0.6) is 0 Å². The number of benzene rings is 3. The fourth-order valence-electron chi connectivity index (χ4n) is 4.37. The number of para-hydroxylation sites is 1.